The standard InChI is InChI=1S/C41H70O6/c1-4-7-10-13-16-17-18-19-20-21-22-23-26-28-31-34-40(43)46-37-38(47-41(44)35-32-29-25-15-12-9-6-3)36-45-39(42)33-30-27-24-14-11-8-5-2/h5-6,16-17,19-20,38H,2-4,7-15,18,21-37H2,1H3/b17-16-,20-19-. The normalized spacial score (nSPS) is 11.9. The molecule has 1 unspecified atom stereocenters. The van der Waals surface area contributed by atoms with Crippen LogP contribution < -0.4 is 0 Å². The second-order valence-corrected chi connectivity index (χ2v) is 12.6. The summed E-state index contributed by atoms with van der Waals surface area (Å²) in [5.41, 5.74) is 0. The molecule has 270 valence electrons. The van der Waals surface area contributed by atoms with Crippen molar-refractivity contribution < 1.29 is 28.6 Å². The molecule has 6 heteroatoms. The lowest BCUT2D eigenvalue weighted by Gasteiger charge is -2.18. The Hall–Kier alpha value is -2.63. The van der Waals surface area contributed by atoms with E-state index in [1.807, 2.05) is 12.2 Å². The molecule has 0 aliphatic heterocycles. The van der Waals surface area contributed by atoms with Crippen LogP contribution in [0.1, 0.15) is 174 Å². The van der Waals surface area contributed by atoms with Gasteiger partial charge in [-0.05, 0) is 77.0 Å². The predicted octanol–water partition coefficient (Wildman–Crippen LogP) is 11.6. The van der Waals surface area contributed by atoms with Crippen LogP contribution >= 0.6 is 0 Å². The van der Waals surface area contributed by atoms with Crippen molar-refractivity contribution in [2.75, 3.05) is 13.2 Å². The van der Waals surface area contributed by atoms with E-state index in [2.05, 4.69) is 44.4 Å². The Morgan fingerprint density at radius 2 is 0.872 bits per heavy atom. The van der Waals surface area contributed by atoms with Crippen LogP contribution in [0.5, 0.6) is 0 Å². The summed E-state index contributed by atoms with van der Waals surface area (Å²) >= 11 is 0. The van der Waals surface area contributed by atoms with Gasteiger partial charge >= 0.3 is 17.9 Å². The summed E-state index contributed by atoms with van der Waals surface area (Å²) in [5.74, 6) is -0.964. The zero-order valence-electron chi connectivity index (χ0n) is 30.2. The van der Waals surface area contributed by atoms with Crippen molar-refractivity contribution >= 4 is 17.9 Å². The molecule has 0 saturated heterocycles. The maximum absolute atomic E-state index is 12.5. The van der Waals surface area contributed by atoms with Gasteiger partial charge in [-0.3, -0.25) is 14.4 Å². The van der Waals surface area contributed by atoms with Crippen LogP contribution in [0.4, 0.5) is 0 Å². The van der Waals surface area contributed by atoms with Crippen molar-refractivity contribution in [3.05, 3.63) is 49.6 Å². The second-order valence-electron chi connectivity index (χ2n) is 12.6. The summed E-state index contributed by atoms with van der Waals surface area (Å²) in [6, 6.07) is 0. The van der Waals surface area contributed by atoms with Gasteiger partial charge in [-0.25, -0.2) is 0 Å². The molecule has 0 aliphatic carbocycles. The van der Waals surface area contributed by atoms with E-state index in [0.29, 0.717) is 19.3 Å². The fourth-order valence-corrected chi connectivity index (χ4v) is 5.13. The number of hydrogen-bond donors (Lipinski definition) is 0. The van der Waals surface area contributed by atoms with E-state index in [-0.39, 0.29) is 31.1 Å². The monoisotopic (exact) mass is 659 g/mol. The first-order chi connectivity index (χ1) is 23.0. The molecule has 0 aromatic heterocycles. The van der Waals surface area contributed by atoms with Crippen LogP contribution in [0.15, 0.2) is 49.6 Å². The van der Waals surface area contributed by atoms with Gasteiger partial charge < -0.3 is 14.2 Å². The first-order valence-corrected chi connectivity index (χ1v) is 19.1. The minimum atomic E-state index is -0.786. The minimum absolute atomic E-state index is 0.0943. The smallest absolute Gasteiger partial charge is 0.306 e. The Balaban J connectivity index is 4.29. The molecule has 47 heavy (non-hydrogen) atoms. The van der Waals surface area contributed by atoms with Crippen molar-refractivity contribution in [2.45, 2.75) is 180 Å². The summed E-state index contributed by atoms with van der Waals surface area (Å²) in [4.78, 5) is 37.2. The van der Waals surface area contributed by atoms with Gasteiger partial charge in [0.05, 0.1) is 0 Å². The third-order valence-corrected chi connectivity index (χ3v) is 8.07. The van der Waals surface area contributed by atoms with Crippen molar-refractivity contribution in [2.24, 2.45) is 0 Å². The van der Waals surface area contributed by atoms with Crippen molar-refractivity contribution in [3.63, 3.8) is 0 Å². The molecule has 0 saturated carbocycles. The molecule has 0 aromatic carbocycles. The number of rotatable bonds is 35. The number of carbonyl (C=O) groups is 3. The fourth-order valence-electron chi connectivity index (χ4n) is 5.13. The fraction of sp³-hybridized carbons (Fsp3) is 0.732. The van der Waals surface area contributed by atoms with E-state index >= 15 is 0 Å². The highest BCUT2D eigenvalue weighted by atomic mass is 16.6. The number of esters is 3. The summed E-state index contributed by atoms with van der Waals surface area (Å²) in [6.07, 6.45) is 37.6. The van der Waals surface area contributed by atoms with Crippen LogP contribution in [-0.4, -0.2) is 37.2 Å². The summed E-state index contributed by atoms with van der Waals surface area (Å²) < 4.78 is 16.4. The third-order valence-electron chi connectivity index (χ3n) is 8.07. The van der Waals surface area contributed by atoms with Gasteiger partial charge in [0.1, 0.15) is 13.2 Å². The molecule has 0 bridgehead atoms. The molecule has 6 nitrogen and oxygen atoms in total. The lowest BCUT2D eigenvalue weighted by molar-refractivity contribution is -0.167. The van der Waals surface area contributed by atoms with Crippen molar-refractivity contribution in [1.29, 1.82) is 0 Å². The molecule has 0 rings (SSSR count). The molecule has 0 spiro atoms. The second kappa shape index (κ2) is 36.2. The molecule has 0 fully saturated rings. The maximum atomic E-state index is 12.5. The lowest BCUT2D eigenvalue weighted by Crippen LogP contribution is -2.30. The molecule has 1 atom stereocenters. The van der Waals surface area contributed by atoms with Gasteiger partial charge in [0, 0.05) is 19.3 Å². The minimum Gasteiger partial charge on any atom is -0.462 e. The van der Waals surface area contributed by atoms with E-state index < -0.39 is 6.10 Å². The molecule has 0 aromatic rings. The van der Waals surface area contributed by atoms with Crippen LogP contribution in [0.25, 0.3) is 0 Å². The highest BCUT2D eigenvalue weighted by Crippen LogP contribution is 2.12. The first kappa shape index (κ1) is 44.4. The molecular formula is C41H70O6. The number of carbonyl (C=O) groups excluding carboxylic acids is 3. The molecule has 0 radical (unpaired) electrons. The average Bonchev–Trinajstić information content (AvgIpc) is 3.06. The molecule has 0 heterocycles. The quantitative estimate of drug-likeness (QED) is 0.0292. The zero-order chi connectivity index (χ0) is 34.5. The van der Waals surface area contributed by atoms with Gasteiger partial charge in [-0.15, -0.1) is 13.2 Å². The van der Waals surface area contributed by atoms with Gasteiger partial charge in [0.2, 0.25) is 0 Å². The highest BCUT2D eigenvalue weighted by Gasteiger charge is 2.19. The Morgan fingerprint density at radius 3 is 1.32 bits per heavy atom. The Bertz CT molecular complexity index is 830. The molecule has 0 N–H and O–H groups in total. The van der Waals surface area contributed by atoms with Crippen LogP contribution in [0, 0.1) is 0 Å². The molecule has 0 amide bonds. The molecule has 0 aliphatic rings. The summed E-state index contributed by atoms with van der Waals surface area (Å²) in [6.45, 7) is 9.53. The maximum Gasteiger partial charge on any atom is 0.306 e. The number of allylic oxidation sites excluding steroid dienone is 6. The van der Waals surface area contributed by atoms with E-state index in [4.69, 9.17) is 14.2 Å². The highest BCUT2D eigenvalue weighted by molar-refractivity contribution is 5.71. The van der Waals surface area contributed by atoms with Crippen molar-refractivity contribution in [1.82, 2.24) is 0 Å². The van der Waals surface area contributed by atoms with Crippen LogP contribution in [-0.2, 0) is 28.6 Å². The Morgan fingerprint density at radius 1 is 0.489 bits per heavy atom. The first-order valence-electron chi connectivity index (χ1n) is 19.1. The molecular weight excluding hydrogens is 588 g/mol. The van der Waals surface area contributed by atoms with E-state index in [1.165, 1.54) is 25.7 Å². The number of ether oxygens (including phenoxy) is 3. The largest absolute Gasteiger partial charge is 0.462 e. The van der Waals surface area contributed by atoms with Gasteiger partial charge in [-0.2, -0.15) is 0 Å². The van der Waals surface area contributed by atoms with Gasteiger partial charge in [0.15, 0.2) is 6.10 Å². The van der Waals surface area contributed by atoms with E-state index in [1.54, 1.807) is 0 Å². The van der Waals surface area contributed by atoms with E-state index in [9.17, 15) is 14.4 Å². The number of hydrogen-bond acceptors (Lipinski definition) is 6. The summed E-state index contributed by atoms with van der Waals surface area (Å²) in [7, 11) is 0. The van der Waals surface area contributed by atoms with Crippen molar-refractivity contribution in [3.8, 4) is 0 Å². The SMILES string of the molecule is C=CCCCCCCCC(=O)OCC(COC(=O)CCCCCCC/C=C\C/C=C\CCCCC)OC(=O)CCCCCCCC=C. The Labute approximate surface area is 288 Å². The van der Waals surface area contributed by atoms with Gasteiger partial charge in [-0.1, -0.05) is 114 Å². The zero-order valence-corrected chi connectivity index (χ0v) is 30.2. The number of unbranched alkanes of at least 4 members (excludes halogenated alkanes) is 18. The topological polar surface area (TPSA) is 78.9 Å². The average molecular weight is 659 g/mol. The third kappa shape index (κ3) is 34.5. The van der Waals surface area contributed by atoms with Crippen LogP contribution in [0.3, 0.4) is 0 Å². The summed E-state index contributed by atoms with van der Waals surface area (Å²) in [5, 5.41) is 0. The Kier molecular flexibility index (Phi) is 34.2. The predicted molar refractivity (Wildman–Crippen MR) is 196 cm³/mol. The van der Waals surface area contributed by atoms with E-state index in [0.717, 1.165) is 122 Å². The lowest BCUT2D eigenvalue weighted by atomic mass is 10.1. The van der Waals surface area contributed by atoms with Crippen LogP contribution in [0.2, 0.25) is 0 Å². The van der Waals surface area contributed by atoms with Gasteiger partial charge in [0.25, 0.3) is 0 Å².